The minimum atomic E-state index is -0.617. The predicted octanol–water partition coefficient (Wildman–Crippen LogP) is 2.82. The van der Waals surface area contributed by atoms with Crippen LogP contribution in [0.3, 0.4) is 0 Å². The lowest BCUT2D eigenvalue weighted by Gasteiger charge is -2.08. The van der Waals surface area contributed by atoms with Gasteiger partial charge in [-0.25, -0.2) is 4.98 Å². The van der Waals surface area contributed by atoms with Crippen molar-refractivity contribution in [3.8, 4) is 5.75 Å². The number of nitro groups is 1. The zero-order chi connectivity index (χ0) is 20.3. The van der Waals surface area contributed by atoms with Crippen LogP contribution in [0.1, 0.15) is 26.5 Å². The third-order valence-corrected chi connectivity index (χ3v) is 4.07. The van der Waals surface area contributed by atoms with Crippen molar-refractivity contribution in [2.45, 2.75) is 0 Å². The Morgan fingerprint density at radius 3 is 2.39 bits per heavy atom. The van der Waals surface area contributed by atoms with Gasteiger partial charge in [-0.15, -0.1) is 0 Å². The first-order chi connectivity index (χ1) is 13.4. The molecule has 2 aromatic carbocycles. The van der Waals surface area contributed by atoms with E-state index >= 15 is 0 Å². The van der Waals surface area contributed by atoms with Gasteiger partial charge in [0, 0.05) is 42.3 Å². The van der Waals surface area contributed by atoms with Crippen molar-refractivity contribution < 1.29 is 19.2 Å². The lowest BCUT2D eigenvalue weighted by Crippen LogP contribution is -2.13. The van der Waals surface area contributed by atoms with Crippen LogP contribution in [0, 0.1) is 10.1 Å². The molecule has 142 valence electrons. The van der Waals surface area contributed by atoms with Crippen molar-refractivity contribution >= 4 is 23.1 Å². The number of rotatable bonds is 6. The Morgan fingerprint density at radius 1 is 1.14 bits per heavy atom. The number of ketones is 1. The van der Waals surface area contributed by atoms with Gasteiger partial charge in [-0.2, -0.15) is 0 Å². The number of carbonyl (C=O) groups excluding carboxylic acids is 2. The number of hydrogen-bond donors (Lipinski definition) is 1. The molecular formula is C19H16N4O5. The largest absolute Gasteiger partial charge is 0.490 e. The molecule has 0 aliphatic rings. The van der Waals surface area contributed by atoms with Crippen LogP contribution in [0.2, 0.25) is 0 Å². The van der Waals surface area contributed by atoms with Crippen LogP contribution < -0.4 is 10.1 Å². The number of amides is 1. The van der Waals surface area contributed by atoms with Crippen LogP contribution in [0.4, 0.5) is 11.4 Å². The van der Waals surface area contributed by atoms with Crippen molar-refractivity contribution in [1.82, 2.24) is 9.55 Å². The highest BCUT2D eigenvalue weighted by atomic mass is 16.6. The summed E-state index contributed by atoms with van der Waals surface area (Å²) in [6.07, 6.45) is 3.21. The molecule has 0 radical (unpaired) electrons. The molecule has 0 saturated carbocycles. The van der Waals surface area contributed by atoms with E-state index in [0.717, 1.165) is 6.07 Å². The molecule has 1 aromatic heterocycles. The van der Waals surface area contributed by atoms with E-state index in [1.165, 1.54) is 25.4 Å². The molecule has 0 spiro atoms. The van der Waals surface area contributed by atoms with E-state index in [-0.39, 0.29) is 22.8 Å². The Labute approximate surface area is 159 Å². The van der Waals surface area contributed by atoms with Gasteiger partial charge in [-0.1, -0.05) is 0 Å². The summed E-state index contributed by atoms with van der Waals surface area (Å²) in [5, 5.41) is 13.7. The number of nitro benzene ring substituents is 1. The lowest BCUT2D eigenvalue weighted by atomic mass is 10.1. The number of imidazole rings is 1. The molecule has 1 amide bonds. The molecule has 9 nitrogen and oxygen atoms in total. The number of nitrogens with zero attached hydrogens (tertiary/aromatic N) is 3. The van der Waals surface area contributed by atoms with Gasteiger partial charge in [-0.3, -0.25) is 19.7 Å². The number of ether oxygens (including phenoxy) is 1. The van der Waals surface area contributed by atoms with Gasteiger partial charge in [0.05, 0.1) is 12.0 Å². The smallest absolute Gasteiger partial charge is 0.311 e. The Morgan fingerprint density at radius 2 is 1.82 bits per heavy atom. The molecule has 0 aliphatic carbocycles. The minimum Gasteiger partial charge on any atom is -0.490 e. The van der Waals surface area contributed by atoms with E-state index in [1.54, 1.807) is 42.1 Å². The molecule has 0 saturated heterocycles. The highest BCUT2D eigenvalue weighted by Crippen LogP contribution is 2.27. The molecule has 0 aliphatic heterocycles. The fraction of sp³-hybridized carbons (Fsp3) is 0.105. The molecular weight excluding hydrogens is 364 g/mol. The first-order valence-electron chi connectivity index (χ1n) is 8.16. The van der Waals surface area contributed by atoms with Crippen molar-refractivity contribution in [2.24, 2.45) is 7.05 Å². The SMILES string of the molecule is COc1ccc(C(=O)Nc2ccc(C(=O)c3nccn3C)cc2)cc1[N+](=O)[O-]. The van der Waals surface area contributed by atoms with E-state index < -0.39 is 10.8 Å². The summed E-state index contributed by atoms with van der Waals surface area (Å²) in [6, 6.07) is 10.2. The third kappa shape index (κ3) is 3.73. The van der Waals surface area contributed by atoms with Gasteiger partial charge in [0.25, 0.3) is 5.91 Å². The van der Waals surface area contributed by atoms with E-state index in [4.69, 9.17) is 4.74 Å². The zero-order valence-electron chi connectivity index (χ0n) is 15.1. The number of aromatic nitrogens is 2. The maximum absolute atomic E-state index is 12.4. The van der Waals surface area contributed by atoms with Crippen molar-refractivity contribution in [2.75, 3.05) is 12.4 Å². The Balaban J connectivity index is 1.76. The minimum absolute atomic E-state index is 0.0682. The predicted molar refractivity (Wildman–Crippen MR) is 101 cm³/mol. The van der Waals surface area contributed by atoms with E-state index in [1.807, 2.05) is 0 Å². The highest BCUT2D eigenvalue weighted by Gasteiger charge is 2.18. The molecule has 1 N–H and O–H groups in total. The summed E-state index contributed by atoms with van der Waals surface area (Å²) >= 11 is 0. The van der Waals surface area contributed by atoms with Crippen LogP contribution >= 0.6 is 0 Å². The van der Waals surface area contributed by atoms with Gasteiger partial charge >= 0.3 is 5.69 Å². The van der Waals surface area contributed by atoms with Crippen molar-refractivity contribution in [3.05, 3.63) is 81.9 Å². The van der Waals surface area contributed by atoms with Gasteiger partial charge < -0.3 is 14.6 Å². The summed E-state index contributed by atoms with van der Waals surface area (Å²) in [4.78, 5) is 39.3. The number of carbonyl (C=O) groups is 2. The van der Waals surface area contributed by atoms with Crippen molar-refractivity contribution in [3.63, 3.8) is 0 Å². The molecule has 9 heteroatoms. The Hall–Kier alpha value is -4.01. The van der Waals surface area contributed by atoms with Crippen LogP contribution in [0.15, 0.2) is 54.9 Å². The quantitative estimate of drug-likeness (QED) is 0.399. The summed E-state index contributed by atoms with van der Waals surface area (Å²) in [5.74, 6) is -0.383. The molecule has 28 heavy (non-hydrogen) atoms. The summed E-state index contributed by atoms with van der Waals surface area (Å²) in [5.41, 5.74) is 0.680. The summed E-state index contributed by atoms with van der Waals surface area (Å²) in [7, 11) is 3.04. The van der Waals surface area contributed by atoms with Gasteiger partial charge in [0.1, 0.15) is 0 Å². The topological polar surface area (TPSA) is 116 Å². The van der Waals surface area contributed by atoms with Gasteiger partial charge in [0.2, 0.25) is 5.78 Å². The molecule has 3 rings (SSSR count). The number of methoxy groups -OCH3 is 1. The second kappa shape index (κ2) is 7.70. The van der Waals surface area contributed by atoms with Crippen molar-refractivity contribution in [1.29, 1.82) is 0 Å². The fourth-order valence-electron chi connectivity index (χ4n) is 2.60. The Kier molecular flexibility index (Phi) is 5.16. The fourth-order valence-corrected chi connectivity index (χ4v) is 2.60. The molecule has 1 heterocycles. The molecule has 0 atom stereocenters. The number of anilines is 1. The lowest BCUT2D eigenvalue weighted by molar-refractivity contribution is -0.385. The van der Waals surface area contributed by atoms with Crippen LogP contribution in [0.5, 0.6) is 5.75 Å². The summed E-state index contributed by atoms with van der Waals surface area (Å²) < 4.78 is 6.54. The number of benzene rings is 2. The second-order valence-electron chi connectivity index (χ2n) is 5.87. The molecule has 3 aromatic rings. The Bertz CT molecular complexity index is 1060. The van der Waals surface area contributed by atoms with Crippen LogP contribution in [0.25, 0.3) is 0 Å². The van der Waals surface area contributed by atoms with Crippen LogP contribution in [-0.2, 0) is 7.05 Å². The first-order valence-corrected chi connectivity index (χ1v) is 8.16. The monoisotopic (exact) mass is 380 g/mol. The van der Waals surface area contributed by atoms with E-state index in [2.05, 4.69) is 10.3 Å². The number of aryl methyl sites for hydroxylation is 1. The van der Waals surface area contributed by atoms with Gasteiger partial charge in [-0.05, 0) is 36.4 Å². The summed E-state index contributed by atoms with van der Waals surface area (Å²) in [6.45, 7) is 0. The third-order valence-electron chi connectivity index (χ3n) is 4.07. The average Bonchev–Trinajstić information content (AvgIpc) is 3.13. The van der Waals surface area contributed by atoms with Gasteiger partial charge in [0.15, 0.2) is 11.6 Å². The van der Waals surface area contributed by atoms with E-state index in [9.17, 15) is 19.7 Å². The highest BCUT2D eigenvalue weighted by molar-refractivity contribution is 6.08. The first kappa shape index (κ1) is 18.8. The maximum Gasteiger partial charge on any atom is 0.311 e. The molecule has 0 bridgehead atoms. The standard InChI is InChI=1S/C19H16N4O5/c1-22-10-9-20-18(22)17(24)12-3-6-14(7-4-12)21-19(25)13-5-8-16(28-2)15(11-13)23(26)27/h3-11H,1-2H3,(H,21,25). The normalized spacial score (nSPS) is 10.4. The number of nitrogens with one attached hydrogen (secondary N) is 1. The van der Waals surface area contributed by atoms with Crippen LogP contribution in [-0.4, -0.2) is 33.3 Å². The molecule has 0 fully saturated rings. The molecule has 0 unspecified atom stereocenters. The number of hydrogen-bond acceptors (Lipinski definition) is 6. The average molecular weight is 380 g/mol. The van der Waals surface area contributed by atoms with E-state index in [0.29, 0.717) is 17.1 Å². The zero-order valence-corrected chi connectivity index (χ0v) is 15.1. The second-order valence-corrected chi connectivity index (χ2v) is 5.87. The maximum atomic E-state index is 12.4.